The maximum absolute atomic E-state index is 13.7. The first-order valence-corrected chi connectivity index (χ1v) is 16.8. The van der Waals surface area contributed by atoms with E-state index in [1.54, 1.807) is 19.4 Å². The Morgan fingerprint density at radius 2 is 1.78 bits per heavy atom. The maximum atomic E-state index is 13.7. The molecule has 3 heterocycles. The van der Waals surface area contributed by atoms with Crippen LogP contribution in [0.3, 0.4) is 0 Å². The number of alkyl halides is 2. The number of halogens is 3. The first-order valence-electron chi connectivity index (χ1n) is 16.4. The number of benzene rings is 2. The van der Waals surface area contributed by atoms with Gasteiger partial charge in [-0.25, -0.2) is 28.7 Å². The number of ether oxygens (including phenoxy) is 1. The van der Waals surface area contributed by atoms with Gasteiger partial charge in [-0.1, -0.05) is 41.9 Å². The van der Waals surface area contributed by atoms with Crippen molar-refractivity contribution in [2.75, 3.05) is 26.0 Å². The van der Waals surface area contributed by atoms with Gasteiger partial charge in [0.15, 0.2) is 17.9 Å². The van der Waals surface area contributed by atoms with Gasteiger partial charge in [0.1, 0.15) is 11.2 Å². The second kappa shape index (κ2) is 15.4. The van der Waals surface area contributed by atoms with Gasteiger partial charge in [0, 0.05) is 41.7 Å². The predicted molar refractivity (Wildman–Crippen MR) is 190 cm³/mol. The quantitative estimate of drug-likeness (QED) is 0.122. The monoisotopic (exact) mass is 715 g/mol. The van der Waals surface area contributed by atoms with Crippen LogP contribution < -0.4 is 10.1 Å². The molecule has 0 spiro atoms. The molecule has 264 valence electrons. The van der Waals surface area contributed by atoms with E-state index in [0.717, 1.165) is 30.5 Å². The fraction of sp³-hybridized carbons (Fsp3) is 0.324. The van der Waals surface area contributed by atoms with Crippen LogP contribution in [0.25, 0.3) is 33.4 Å². The molecule has 1 fully saturated rings. The summed E-state index contributed by atoms with van der Waals surface area (Å²) in [5.41, 5.74) is 5.25. The Balaban J connectivity index is 1.25. The van der Waals surface area contributed by atoms with Crippen LogP contribution in [0.5, 0.6) is 5.88 Å². The van der Waals surface area contributed by atoms with Crippen LogP contribution in [0.15, 0.2) is 54.9 Å². The lowest BCUT2D eigenvalue weighted by Crippen LogP contribution is -2.30. The van der Waals surface area contributed by atoms with Crippen LogP contribution in [0.2, 0.25) is 5.02 Å². The Bertz CT molecular complexity index is 2090. The molecule has 5 aromatic rings. The smallest absolute Gasteiger partial charge is 0.306 e. The number of aromatic nitrogens is 5. The van der Waals surface area contributed by atoms with Crippen LogP contribution in [0.4, 0.5) is 20.3 Å². The highest BCUT2D eigenvalue weighted by Crippen LogP contribution is 2.40. The Morgan fingerprint density at radius 1 is 1.06 bits per heavy atom. The highest BCUT2D eigenvalue weighted by molar-refractivity contribution is 6.36. The first-order chi connectivity index (χ1) is 24.6. The molecule has 0 atom stereocenters. The molecule has 0 amide bonds. The molecule has 0 aliphatic heterocycles. The van der Waals surface area contributed by atoms with Crippen molar-refractivity contribution in [3.63, 3.8) is 0 Å². The largest absolute Gasteiger partial charge is 0.481 e. The summed E-state index contributed by atoms with van der Waals surface area (Å²) in [6.07, 6.45) is 3.82. The molecule has 6 rings (SSSR count). The summed E-state index contributed by atoms with van der Waals surface area (Å²) < 4.78 is 33.1. The molecule has 51 heavy (non-hydrogen) atoms. The summed E-state index contributed by atoms with van der Waals surface area (Å²) in [5, 5.41) is 12.9. The van der Waals surface area contributed by atoms with Crippen molar-refractivity contribution in [1.29, 1.82) is 0 Å². The van der Waals surface area contributed by atoms with Crippen molar-refractivity contribution < 1.29 is 28.2 Å². The molecule has 1 aliphatic carbocycles. The van der Waals surface area contributed by atoms with Crippen molar-refractivity contribution in [3.05, 3.63) is 82.5 Å². The van der Waals surface area contributed by atoms with E-state index in [4.69, 9.17) is 26.3 Å². The highest BCUT2D eigenvalue weighted by Gasteiger charge is 2.27. The van der Waals surface area contributed by atoms with Crippen LogP contribution in [-0.2, 0) is 11.3 Å². The number of hydrogen-bond donors (Lipinski definition) is 2. The molecule has 2 N–H and O–H groups in total. The van der Waals surface area contributed by atoms with Gasteiger partial charge in [-0.05, 0) is 68.8 Å². The minimum atomic E-state index is -2.93. The number of hydrogen-bond acceptors (Lipinski definition) is 10. The van der Waals surface area contributed by atoms with Gasteiger partial charge < -0.3 is 20.1 Å². The number of nitrogens with one attached hydrogen (secondary N) is 1. The SMILES string of the molecule is COc1nc(-c2cccc(-c3cccc(Nc4nc(C(F)F)nc5cc(C=O)cnc45)c3C)c2Cl)cnc1CN(C)CC1CCC(C(=O)O)CC1. The second-order valence-electron chi connectivity index (χ2n) is 12.7. The second-order valence-corrected chi connectivity index (χ2v) is 13.1. The molecule has 0 saturated heterocycles. The highest BCUT2D eigenvalue weighted by atomic mass is 35.5. The summed E-state index contributed by atoms with van der Waals surface area (Å²) in [6.45, 7) is 3.21. The molecule has 2 aromatic carbocycles. The lowest BCUT2D eigenvalue weighted by Gasteiger charge is -2.29. The summed E-state index contributed by atoms with van der Waals surface area (Å²) in [5.74, 6) is -0.758. The van der Waals surface area contributed by atoms with Crippen LogP contribution in [0, 0.1) is 18.8 Å². The number of carbonyl (C=O) groups excluding carboxylic acids is 1. The third kappa shape index (κ3) is 7.79. The third-order valence-electron chi connectivity index (χ3n) is 9.25. The molecular weight excluding hydrogens is 680 g/mol. The van der Waals surface area contributed by atoms with Gasteiger partial charge >= 0.3 is 5.97 Å². The van der Waals surface area contributed by atoms with Gasteiger partial charge in [0.05, 0.1) is 35.5 Å². The molecule has 0 unspecified atom stereocenters. The predicted octanol–water partition coefficient (Wildman–Crippen LogP) is 7.94. The third-order valence-corrected chi connectivity index (χ3v) is 9.65. The molecule has 1 aliphatic rings. The topological polar surface area (TPSA) is 143 Å². The van der Waals surface area contributed by atoms with Gasteiger partial charge in [0.25, 0.3) is 6.43 Å². The fourth-order valence-electron chi connectivity index (χ4n) is 6.58. The number of methoxy groups -OCH3 is 1. The van der Waals surface area contributed by atoms with E-state index < -0.39 is 18.2 Å². The van der Waals surface area contributed by atoms with Gasteiger partial charge in [0.2, 0.25) is 5.88 Å². The first kappa shape index (κ1) is 35.7. The van der Waals surface area contributed by atoms with E-state index in [1.807, 2.05) is 44.3 Å². The number of anilines is 2. The number of rotatable bonds is 12. The summed E-state index contributed by atoms with van der Waals surface area (Å²) in [7, 11) is 3.56. The number of pyridine rings is 1. The Kier molecular flexibility index (Phi) is 10.8. The molecular formula is C37H36ClF2N7O4. The van der Waals surface area contributed by atoms with Crippen LogP contribution >= 0.6 is 11.6 Å². The fourth-order valence-corrected chi connectivity index (χ4v) is 6.91. The Labute approximate surface area is 298 Å². The number of carboxylic acid groups (broad SMARTS) is 1. The van der Waals surface area contributed by atoms with Crippen LogP contribution in [-0.4, -0.2) is 67.9 Å². The Morgan fingerprint density at radius 3 is 2.49 bits per heavy atom. The molecule has 3 aromatic heterocycles. The number of carboxylic acids is 1. The van der Waals surface area contributed by atoms with Crippen molar-refractivity contribution in [3.8, 4) is 28.3 Å². The van der Waals surface area contributed by atoms with Crippen molar-refractivity contribution in [1.82, 2.24) is 29.8 Å². The van der Waals surface area contributed by atoms with E-state index >= 15 is 0 Å². The molecule has 0 bridgehead atoms. The number of aliphatic carboxylic acids is 1. The zero-order valence-electron chi connectivity index (χ0n) is 28.2. The Hall–Kier alpha value is -5.14. The van der Waals surface area contributed by atoms with Crippen molar-refractivity contribution in [2.24, 2.45) is 11.8 Å². The standard InChI is InChI=1S/C37H36ClF2N7O4/c1-20-24(6-5-9-27(20)43-34-32-28(14-22(19-48)15-42-32)44-35(46-34)33(39)40)25-7-4-8-26(31(25)38)29-16-41-30(36(45-29)51-3)18-47(2)17-21-10-12-23(13-11-21)37(49)50/h4-9,14-16,19,21,23,33H,10-13,17-18H2,1-3H3,(H,49,50)(H,43,44,46). The minimum Gasteiger partial charge on any atom is -0.481 e. The van der Waals surface area contributed by atoms with Gasteiger partial charge in [-0.3, -0.25) is 14.6 Å². The molecule has 11 nitrogen and oxygen atoms in total. The number of fused-ring (bicyclic) bond motifs is 1. The van der Waals surface area contributed by atoms with Crippen molar-refractivity contribution >= 4 is 46.4 Å². The number of nitrogens with zero attached hydrogens (tertiary/aromatic N) is 6. The zero-order chi connectivity index (χ0) is 36.2. The average molecular weight is 716 g/mol. The number of carbonyl (C=O) groups is 2. The van der Waals surface area contributed by atoms with E-state index in [0.29, 0.717) is 70.7 Å². The molecule has 1 saturated carbocycles. The van der Waals surface area contributed by atoms with Gasteiger partial charge in [-0.15, -0.1) is 0 Å². The molecule has 0 radical (unpaired) electrons. The van der Waals surface area contributed by atoms with Crippen LogP contribution in [0.1, 0.15) is 59.5 Å². The van der Waals surface area contributed by atoms with E-state index in [9.17, 15) is 23.5 Å². The summed E-state index contributed by atoms with van der Waals surface area (Å²) >= 11 is 7.07. The van der Waals surface area contributed by atoms with Crippen molar-refractivity contribution in [2.45, 2.75) is 45.6 Å². The van der Waals surface area contributed by atoms with E-state index in [2.05, 4.69) is 25.2 Å². The van der Waals surface area contributed by atoms with Gasteiger partial charge in [-0.2, -0.15) is 0 Å². The summed E-state index contributed by atoms with van der Waals surface area (Å²) in [4.78, 5) is 46.5. The normalized spacial score (nSPS) is 16.1. The van der Waals surface area contributed by atoms with E-state index in [-0.39, 0.29) is 28.3 Å². The maximum Gasteiger partial charge on any atom is 0.306 e. The minimum absolute atomic E-state index is 0.0755. The average Bonchev–Trinajstić information content (AvgIpc) is 3.12. The molecule has 14 heteroatoms. The van der Waals surface area contributed by atoms with E-state index in [1.165, 1.54) is 12.3 Å². The zero-order valence-corrected chi connectivity index (χ0v) is 29.0. The number of aldehydes is 1. The summed E-state index contributed by atoms with van der Waals surface area (Å²) in [6, 6.07) is 12.5. The lowest BCUT2D eigenvalue weighted by atomic mass is 9.82. The lowest BCUT2D eigenvalue weighted by molar-refractivity contribution is -0.143.